The summed E-state index contributed by atoms with van der Waals surface area (Å²) in [6, 6.07) is 4.44. The van der Waals surface area contributed by atoms with Crippen LogP contribution in [0.15, 0.2) is 24.3 Å². The van der Waals surface area contributed by atoms with E-state index in [2.05, 4.69) is 21.3 Å². The minimum absolute atomic E-state index is 0. The first-order valence-corrected chi connectivity index (χ1v) is 20.5. The number of aromatic carboxylic acids is 1. The van der Waals surface area contributed by atoms with Crippen molar-refractivity contribution in [2.75, 3.05) is 79.1 Å². The molecule has 20 heteroatoms. The summed E-state index contributed by atoms with van der Waals surface area (Å²) < 4.78 is 26.9. The average molecular weight is 866 g/mol. The van der Waals surface area contributed by atoms with Crippen LogP contribution in [-0.4, -0.2) is 150 Å². The second kappa shape index (κ2) is 37.2. The highest BCUT2D eigenvalue weighted by atomic mass is 16.5. The van der Waals surface area contributed by atoms with Crippen LogP contribution < -0.4 is 31.7 Å². The van der Waals surface area contributed by atoms with Crippen molar-refractivity contribution < 1.29 is 67.5 Å². The summed E-state index contributed by atoms with van der Waals surface area (Å²) in [4.78, 5) is 81.5. The standard InChI is InChI=1S/C40H64BN5O14.CH4/c41-38(51)32(42)10-7-8-18-43-36(49)28-58-26-25-57-23-20-45-37(50)29-59-27-24-56-22-19-44-34(47)17-16-33(40(54)55)46-35(48)11-6-4-2-1-3-5-9-21-60-31-14-12-30(13-15-31)39(52)53;/h12-15,32-33H,1-11,16-29,42H2,(H,43,49)(H,44,47)(H,45,50)(H,46,48)(H,52,53)(H,54,55);1H4/t32-,33-;/m0./s1. The van der Waals surface area contributed by atoms with E-state index in [1.807, 2.05) is 0 Å². The van der Waals surface area contributed by atoms with Crippen molar-refractivity contribution in [3.8, 4) is 5.75 Å². The zero-order valence-corrected chi connectivity index (χ0v) is 34.6. The fourth-order valence-corrected chi connectivity index (χ4v) is 5.30. The number of carbonyl (C=O) groups excluding carboxylic acids is 5. The number of nitrogens with one attached hydrogen (secondary N) is 4. The molecule has 0 saturated heterocycles. The maximum Gasteiger partial charge on any atom is 0.335 e. The third kappa shape index (κ3) is 32.8. The number of unbranched alkanes of at least 4 members (excludes halogenated alkanes) is 7. The molecular formula is C41H68BN5O14. The zero-order chi connectivity index (χ0) is 44.2. The van der Waals surface area contributed by atoms with Crippen LogP contribution in [0.2, 0.25) is 0 Å². The third-order valence-corrected chi connectivity index (χ3v) is 8.69. The summed E-state index contributed by atoms with van der Waals surface area (Å²) in [6.07, 6.45) is 8.16. The van der Waals surface area contributed by atoms with Crippen molar-refractivity contribution >= 4 is 49.1 Å². The summed E-state index contributed by atoms with van der Waals surface area (Å²) >= 11 is 0. The van der Waals surface area contributed by atoms with E-state index in [1.165, 1.54) is 12.1 Å². The Morgan fingerprint density at radius 2 is 1.10 bits per heavy atom. The van der Waals surface area contributed by atoms with Gasteiger partial charge >= 0.3 is 11.9 Å². The molecule has 0 aromatic heterocycles. The Kier molecular flexibility index (Phi) is 34.3. The minimum atomic E-state index is -1.21. The molecule has 1 aromatic carbocycles. The molecule has 1 aromatic rings. The van der Waals surface area contributed by atoms with Gasteiger partial charge in [0, 0.05) is 32.5 Å². The molecule has 2 atom stereocenters. The molecule has 1 rings (SSSR count). The van der Waals surface area contributed by atoms with Crippen molar-refractivity contribution in [1.82, 2.24) is 21.3 Å². The zero-order valence-electron chi connectivity index (χ0n) is 34.6. The Morgan fingerprint density at radius 3 is 1.66 bits per heavy atom. The molecule has 0 bridgehead atoms. The smallest absolute Gasteiger partial charge is 0.335 e. The molecule has 4 amide bonds. The maximum absolute atomic E-state index is 12.3. The van der Waals surface area contributed by atoms with Gasteiger partial charge in [-0.2, -0.15) is 0 Å². The third-order valence-electron chi connectivity index (χ3n) is 8.69. The summed E-state index contributed by atoms with van der Waals surface area (Å²) in [5.74, 6) is -2.90. The number of carboxylic acid groups (broad SMARTS) is 2. The number of aliphatic carboxylic acids is 1. The number of hydrogen-bond acceptors (Lipinski definition) is 13. The first-order chi connectivity index (χ1) is 28.9. The van der Waals surface area contributed by atoms with Gasteiger partial charge in [0.25, 0.3) is 0 Å². The van der Waals surface area contributed by atoms with Gasteiger partial charge in [-0.1, -0.05) is 39.5 Å². The summed E-state index contributed by atoms with van der Waals surface area (Å²) in [5.41, 5.74) is 5.21. The quantitative estimate of drug-likeness (QED) is 0.0365. The van der Waals surface area contributed by atoms with Crippen LogP contribution in [0.25, 0.3) is 0 Å². The normalized spacial score (nSPS) is 11.7. The number of carbonyl (C=O) groups is 7. The Morgan fingerprint density at radius 1 is 0.574 bits per heavy atom. The van der Waals surface area contributed by atoms with Crippen LogP contribution in [-0.2, 0) is 47.7 Å². The molecular weight excluding hydrogens is 797 g/mol. The van der Waals surface area contributed by atoms with Gasteiger partial charge in [-0.15, -0.1) is 0 Å². The van der Waals surface area contributed by atoms with Crippen molar-refractivity contribution in [1.29, 1.82) is 0 Å². The number of carboxylic acids is 2. The molecule has 0 aliphatic carbocycles. The average Bonchev–Trinajstić information content (AvgIpc) is 3.21. The van der Waals surface area contributed by atoms with Gasteiger partial charge in [-0.3, -0.25) is 19.2 Å². The minimum Gasteiger partial charge on any atom is -0.494 e. The van der Waals surface area contributed by atoms with Crippen molar-refractivity contribution in [2.45, 2.75) is 103 Å². The van der Waals surface area contributed by atoms with E-state index in [0.717, 1.165) is 38.5 Å². The number of ether oxygens (including phenoxy) is 5. The van der Waals surface area contributed by atoms with E-state index in [1.54, 1.807) is 12.1 Å². The number of hydrogen-bond donors (Lipinski definition) is 7. The number of benzene rings is 1. The lowest BCUT2D eigenvalue weighted by Crippen LogP contribution is -2.41. The number of nitrogens with two attached hydrogens (primary N) is 1. The molecule has 0 saturated carbocycles. The van der Waals surface area contributed by atoms with Gasteiger partial charge in [0.2, 0.25) is 23.6 Å². The van der Waals surface area contributed by atoms with Crippen molar-refractivity contribution in [2.24, 2.45) is 5.73 Å². The highest BCUT2D eigenvalue weighted by Gasteiger charge is 2.21. The van der Waals surface area contributed by atoms with Crippen molar-refractivity contribution in [3.63, 3.8) is 0 Å². The van der Waals surface area contributed by atoms with Gasteiger partial charge in [0.05, 0.1) is 63.5 Å². The Hall–Kier alpha value is -4.63. The van der Waals surface area contributed by atoms with E-state index in [0.29, 0.717) is 44.6 Å². The SMILES string of the molecule is C.[B]C(=O)[C@@H](N)CCCCNC(=O)COCCOCCNC(=O)COCCOCCNC(=O)CC[C@H](NC(=O)CCCCCCCCCOc1ccc(C(=O)O)cc1)C(=O)O. The van der Waals surface area contributed by atoms with Gasteiger partial charge in [0.15, 0.2) is 7.85 Å². The molecule has 0 unspecified atom stereocenters. The van der Waals surface area contributed by atoms with E-state index in [9.17, 15) is 38.7 Å². The van der Waals surface area contributed by atoms with Crippen LogP contribution in [0.5, 0.6) is 5.75 Å². The van der Waals surface area contributed by atoms with Crippen molar-refractivity contribution in [3.05, 3.63) is 29.8 Å². The first-order valence-electron chi connectivity index (χ1n) is 20.5. The van der Waals surface area contributed by atoms with Gasteiger partial charge in [0.1, 0.15) is 25.0 Å². The lowest BCUT2D eigenvalue weighted by atomic mass is 9.92. The molecule has 19 nitrogen and oxygen atoms in total. The Labute approximate surface area is 360 Å². The second-order valence-corrected chi connectivity index (χ2v) is 13.8. The van der Waals surface area contributed by atoms with Gasteiger partial charge in [-0.25, -0.2) is 9.59 Å². The predicted octanol–water partition coefficient (Wildman–Crippen LogP) is 1.48. The maximum atomic E-state index is 12.3. The van der Waals surface area contributed by atoms with Crippen LogP contribution in [0.3, 0.4) is 0 Å². The highest BCUT2D eigenvalue weighted by Crippen LogP contribution is 2.14. The van der Waals surface area contributed by atoms with Gasteiger partial charge in [-0.05, 0) is 62.8 Å². The molecule has 2 radical (unpaired) electrons. The molecule has 0 fully saturated rings. The van der Waals surface area contributed by atoms with Crippen LogP contribution in [0.4, 0.5) is 0 Å². The molecule has 0 spiro atoms. The highest BCUT2D eigenvalue weighted by molar-refractivity contribution is 6.59. The van der Waals surface area contributed by atoms with E-state index in [-0.39, 0.29) is 122 Å². The van der Waals surface area contributed by atoms with E-state index >= 15 is 0 Å². The second-order valence-electron chi connectivity index (χ2n) is 13.8. The Balaban J connectivity index is 0.0000360. The first kappa shape index (κ1) is 56.4. The number of rotatable bonds is 39. The lowest BCUT2D eigenvalue weighted by Gasteiger charge is -2.14. The monoisotopic (exact) mass is 865 g/mol. The topological polar surface area (TPSA) is 280 Å². The lowest BCUT2D eigenvalue weighted by molar-refractivity contribution is -0.142. The fourth-order valence-electron chi connectivity index (χ4n) is 5.30. The molecule has 0 aliphatic heterocycles. The largest absolute Gasteiger partial charge is 0.494 e. The summed E-state index contributed by atoms with van der Waals surface area (Å²) in [6.45, 7) is 2.36. The predicted molar refractivity (Wildman–Crippen MR) is 226 cm³/mol. The van der Waals surface area contributed by atoms with Crippen LogP contribution in [0, 0.1) is 0 Å². The number of amides is 4. The molecule has 61 heavy (non-hydrogen) atoms. The molecule has 8 N–H and O–H groups in total. The molecule has 0 aliphatic rings. The van der Waals surface area contributed by atoms with E-state index < -0.39 is 29.7 Å². The van der Waals surface area contributed by atoms with Crippen LogP contribution >= 0.6 is 0 Å². The Bertz CT molecular complexity index is 1410. The van der Waals surface area contributed by atoms with E-state index in [4.69, 9.17) is 42.4 Å². The van der Waals surface area contributed by atoms with Crippen LogP contribution in [0.1, 0.15) is 101 Å². The molecule has 0 heterocycles. The summed E-state index contributed by atoms with van der Waals surface area (Å²) in [7, 11) is 5.09. The molecule has 344 valence electrons. The van der Waals surface area contributed by atoms with Gasteiger partial charge < -0.3 is 65.7 Å². The summed E-state index contributed by atoms with van der Waals surface area (Å²) in [5, 5.41) is 28.9. The fraction of sp³-hybridized carbons (Fsp3) is 0.683.